The Balaban J connectivity index is 1.47. The highest BCUT2D eigenvalue weighted by molar-refractivity contribution is 5.82. The zero-order valence-corrected chi connectivity index (χ0v) is 12.7. The third-order valence-electron chi connectivity index (χ3n) is 6.50. The molecule has 1 amide bonds. The maximum Gasteiger partial charge on any atom is 0.237 e. The van der Waals surface area contributed by atoms with Crippen LogP contribution in [0.15, 0.2) is 0 Å². The van der Waals surface area contributed by atoms with E-state index in [4.69, 9.17) is 0 Å². The molecule has 4 saturated carbocycles. The van der Waals surface area contributed by atoms with Crippen LogP contribution in [0.25, 0.3) is 0 Å². The van der Waals surface area contributed by atoms with Crippen LogP contribution in [0.2, 0.25) is 0 Å². The lowest BCUT2D eigenvalue weighted by Gasteiger charge is -2.57. The van der Waals surface area contributed by atoms with E-state index in [1.807, 2.05) is 0 Å². The minimum Gasteiger partial charge on any atom is -0.349 e. The summed E-state index contributed by atoms with van der Waals surface area (Å²) < 4.78 is 0. The van der Waals surface area contributed by atoms with Crippen LogP contribution in [0.3, 0.4) is 0 Å². The number of nitrogens with zero attached hydrogens (tertiary/aromatic N) is 1. The SMILES string of the molecule is CCN1CCC[C@@H]1C(=O)NC12CC3CC(CC(C3)C1)C2. The number of likely N-dealkylation sites (tertiary alicyclic amines) is 1. The van der Waals surface area contributed by atoms with Gasteiger partial charge in [0.1, 0.15) is 0 Å². The molecule has 1 saturated heterocycles. The molecule has 5 fully saturated rings. The fourth-order valence-corrected chi connectivity index (χ4v) is 6.11. The van der Waals surface area contributed by atoms with E-state index in [-0.39, 0.29) is 11.6 Å². The molecule has 4 aliphatic carbocycles. The number of carbonyl (C=O) groups is 1. The van der Waals surface area contributed by atoms with Crippen molar-refractivity contribution in [1.82, 2.24) is 10.2 Å². The molecule has 20 heavy (non-hydrogen) atoms. The quantitative estimate of drug-likeness (QED) is 0.859. The van der Waals surface area contributed by atoms with Gasteiger partial charge < -0.3 is 5.32 Å². The second kappa shape index (κ2) is 4.72. The highest BCUT2D eigenvalue weighted by atomic mass is 16.2. The molecule has 112 valence electrons. The molecule has 3 nitrogen and oxygen atoms in total. The smallest absolute Gasteiger partial charge is 0.237 e. The van der Waals surface area contributed by atoms with Crippen LogP contribution in [0.1, 0.15) is 58.3 Å². The van der Waals surface area contributed by atoms with Crippen LogP contribution in [-0.4, -0.2) is 35.5 Å². The molecule has 1 N–H and O–H groups in total. The van der Waals surface area contributed by atoms with E-state index >= 15 is 0 Å². The Morgan fingerprint density at radius 3 is 2.30 bits per heavy atom. The lowest BCUT2D eigenvalue weighted by Crippen LogP contribution is -2.62. The molecule has 1 heterocycles. The average Bonchev–Trinajstić information content (AvgIpc) is 2.84. The number of likely N-dealkylation sites (N-methyl/N-ethyl adjacent to an activating group) is 1. The van der Waals surface area contributed by atoms with E-state index in [2.05, 4.69) is 17.1 Å². The van der Waals surface area contributed by atoms with E-state index in [9.17, 15) is 4.79 Å². The molecule has 1 aliphatic heterocycles. The fraction of sp³-hybridized carbons (Fsp3) is 0.941. The molecule has 0 aromatic rings. The van der Waals surface area contributed by atoms with Crippen molar-refractivity contribution in [2.45, 2.75) is 69.9 Å². The van der Waals surface area contributed by atoms with Gasteiger partial charge in [-0.05, 0) is 82.2 Å². The molecular weight excluding hydrogens is 248 g/mol. The van der Waals surface area contributed by atoms with E-state index in [0.717, 1.165) is 37.3 Å². The molecule has 4 bridgehead atoms. The first-order valence-electron chi connectivity index (χ1n) is 8.73. The number of hydrogen-bond acceptors (Lipinski definition) is 2. The molecule has 3 heteroatoms. The number of amides is 1. The van der Waals surface area contributed by atoms with Crippen LogP contribution in [0.4, 0.5) is 0 Å². The number of hydrogen-bond donors (Lipinski definition) is 1. The summed E-state index contributed by atoms with van der Waals surface area (Å²) in [4.78, 5) is 15.1. The second-order valence-corrected chi connectivity index (χ2v) is 7.97. The summed E-state index contributed by atoms with van der Waals surface area (Å²) in [6.07, 6.45) is 10.4. The van der Waals surface area contributed by atoms with Crippen molar-refractivity contribution in [3.8, 4) is 0 Å². The molecule has 1 atom stereocenters. The van der Waals surface area contributed by atoms with Gasteiger partial charge in [0, 0.05) is 5.54 Å². The lowest BCUT2D eigenvalue weighted by molar-refractivity contribution is -0.131. The van der Waals surface area contributed by atoms with Gasteiger partial charge in [0.25, 0.3) is 0 Å². The van der Waals surface area contributed by atoms with Crippen LogP contribution >= 0.6 is 0 Å². The van der Waals surface area contributed by atoms with Crippen LogP contribution in [0, 0.1) is 17.8 Å². The van der Waals surface area contributed by atoms with Gasteiger partial charge in [0.15, 0.2) is 0 Å². The summed E-state index contributed by atoms with van der Waals surface area (Å²) in [6, 6.07) is 0.160. The first-order chi connectivity index (χ1) is 9.67. The van der Waals surface area contributed by atoms with Gasteiger partial charge in [0.2, 0.25) is 5.91 Å². The fourth-order valence-electron chi connectivity index (χ4n) is 6.11. The molecule has 0 unspecified atom stereocenters. The maximum atomic E-state index is 12.7. The Morgan fingerprint density at radius 2 is 1.75 bits per heavy atom. The summed E-state index contributed by atoms with van der Waals surface area (Å²) in [5.74, 6) is 3.07. The van der Waals surface area contributed by atoms with Gasteiger partial charge in [-0.25, -0.2) is 0 Å². The summed E-state index contributed by atoms with van der Waals surface area (Å²) in [5, 5.41) is 3.55. The van der Waals surface area contributed by atoms with Crippen molar-refractivity contribution in [3.63, 3.8) is 0 Å². The van der Waals surface area contributed by atoms with Crippen molar-refractivity contribution in [2.24, 2.45) is 17.8 Å². The van der Waals surface area contributed by atoms with Crippen molar-refractivity contribution in [2.75, 3.05) is 13.1 Å². The first-order valence-corrected chi connectivity index (χ1v) is 8.73. The van der Waals surface area contributed by atoms with E-state index in [1.54, 1.807) is 0 Å². The minimum absolute atomic E-state index is 0.160. The van der Waals surface area contributed by atoms with E-state index in [1.165, 1.54) is 44.9 Å². The Bertz CT molecular complexity index is 371. The zero-order chi connectivity index (χ0) is 13.7. The predicted octanol–water partition coefficient (Wildman–Crippen LogP) is 2.56. The van der Waals surface area contributed by atoms with E-state index in [0.29, 0.717) is 5.91 Å². The predicted molar refractivity (Wildman–Crippen MR) is 79.3 cm³/mol. The standard InChI is InChI=1S/C17H28N2O/c1-2-19-5-3-4-15(19)16(20)18-17-9-12-6-13(10-17)8-14(7-12)11-17/h12-15H,2-11H2,1H3,(H,18,20)/t12?,13?,14?,15-,17?/m1/s1. The van der Waals surface area contributed by atoms with Crippen LogP contribution in [0.5, 0.6) is 0 Å². The monoisotopic (exact) mass is 276 g/mol. The van der Waals surface area contributed by atoms with Gasteiger partial charge in [-0.3, -0.25) is 9.69 Å². The normalized spacial score (nSPS) is 46.9. The van der Waals surface area contributed by atoms with Gasteiger partial charge >= 0.3 is 0 Å². The first kappa shape index (κ1) is 13.1. The third kappa shape index (κ3) is 2.09. The number of nitrogens with one attached hydrogen (secondary N) is 1. The molecule has 0 aromatic carbocycles. The Labute approximate surface area is 122 Å². The summed E-state index contributed by atoms with van der Waals surface area (Å²) in [6.45, 7) is 4.30. The van der Waals surface area contributed by atoms with Gasteiger partial charge in [0.05, 0.1) is 6.04 Å². The molecule has 5 rings (SSSR count). The minimum atomic E-state index is 0.160. The van der Waals surface area contributed by atoms with Crippen molar-refractivity contribution in [3.05, 3.63) is 0 Å². The van der Waals surface area contributed by atoms with Crippen molar-refractivity contribution >= 4 is 5.91 Å². The molecule has 0 aromatic heterocycles. The Kier molecular flexibility index (Phi) is 3.10. The highest BCUT2D eigenvalue weighted by Gasteiger charge is 2.52. The average molecular weight is 276 g/mol. The highest BCUT2D eigenvalue weighted by Crippen LogP contribution is 2.55. The number of rotatable bonds is 3. The van der Waals surface area contributed by atoms with E-state index < -0.39 is 0 Å². The summed E-state index contributed by atoms with van der Waals surface area (Å²) in [5.41, 5.74) is 0.188. The van der Waals surface area contributed by atoms with Crippen molar-refractivity contribution < 1.29 is 4.79 Å². The van der Waals surface area contributed by atoms with Gasteiger partial charge in [-0.15, -0.1) is 0 Å². The van der Waals surface area contributed by atoms with Crippen LogP contribution < -0.4 is 5.32 Å². The second-order valence-electron chi connectivity index (χ2n) is 7.97. The molecule has 0 radical (unpaired) electrons. The van der Waals surface area contributed by atoms with Gasteiger partial charge in [-0.1, -0.05) is 6.92 Å². The van der Waals surface area contributed by atoms with Crippen molar-refractivity contribution in [1.29, 1.82) is 0 Å². The maximum absolute atomic E-state index is 12.7. The zero-order valence-electron chi connectivity index (χ0n) is 12.7. The molecule has 5 aliphatic rings. The summed E-state index contributed by atoms with van der Waals surface area (Å²) in [7, 11) is 0. The molecular formula is C17H28N2O. The molecule has 0 spiro atoms. The van der Waals surface area contributed by atoms with Crippen LogP contribution in [-0.2, 0) is 4.79 Å². The largest absolute Gasteiger partial charge is 0.349 e. The topological polar surface area (TPSA) is 32.3 Å². The Morgan fingerprint density at radius 1 is 1.15 bits per heavy atom. The third-order valence-corrected chi connectivity index (χ3v) is 6.50. The number of carbonyl (C=O) groups excluding carboxylic acids is 1. The Hall–Kier alpha value is -0.570. The summed E-state index contributed by atoms with van der Waals surface area (Å²) >= 11 is 0. The lowest BCUT2D eigenvalue weighted by atomic mass is 9.53. The van der Waals surface area contributed by atoms with Gasteiger partial charge in [-0.2, -0.15) is 0 Å².